The number of nitrogens with zero attached hydrogens (tertiary/aromatic N) is 1. The summed E-state index contributed by atoms with van der Waals surface area (Å²) in [5.74, 6) is -0.680. The van der Waals surface area contributed by atoms with Crippen molar-refractivity contribution in [1.82, 2.24) is 0 Å². The fourth-order valence-corrected chi connectivity index (χ4v) is 2.89. The lowest BCUT2D eigenvalue weighted by atomic mass is 10.1. The van der Waals surface area contributed by atoms with E-state index in [0.29, 0.717) is 0 Å². The first-order chi connectivity index (χ1) is 10.5. The normalized spacial score (nSPS) is 11.8. The third-order valence-corrected chi connectivity index (χ3v) is 4.55. The molecule has 0 spiro atoms. The minimum absolute atomic E-state index is 0.283. The molecule has 0 saturated carbocycles. The molecule has 0 fully saturated rings. The van der Waals surface area contributed by atoms with E-state index < -0.39 is 5.97 Å². The summed E-state index contributed by atoms with van der Waals surface area (Å²) < 4.78 is 0.837. The van der Waals surface area contributed by atoms with Gasteiger partial charge >= 0.3 is 5.97 Å². The largest absolute Gasteiger partial charge is 0.481 e. The summed E-state index contributed by atoms with van der Waals surface area (Å²) in [6.07, 6.45) is 16.8. The number of quaternary nitrogens is 1. The van der Waals surface area contributed by atoms with Gasteiger partial charge in [0.15, 0.2) is 0 Å². The average Bonchev–Trinajstić information content (AvgIpc) is 2.46. The lowest BCUT2D eigenvalue weighted by Gasteiger charge is -2.29. The van der Waals surface area contributed by atoms with Gasteiger partial charge in [0.25, 0.3) is 0 Å². The van der Waals surface area contributed by atoms with Crippen LogP contribution in [-0.2, 0) is 4.79 Å². The number of aliphatic carboxylic acids is 1. The molecule has 22 heavy (non-hydrogen) atoms. The molecule has 0 saturated heterocycles. The van der Waals surface area contributed by atoms with Crippen LogP contribution in [0.4, 0.5) is 0 Å². The van der Waals surface area contributed by atoms with E-state index in [9.17, 15) is 4.79 Å². The highest BCUT2D eigenvalue weighted by Crippen LogP contribution is 2.12. The topological polar surface area (TPSA) is 37.3 Å². The van der Waals surface area contributed by atoms with Crippen LogP contribution in [0.15, 0.2) is 0 Å². The summed E-state index contributed by atoms with van der Waals surface area (Å²) in [5.41, 5.74) is 0. The van der Waals surface area contributed by atoms with Gasteiger partial charge in [0, 0.05) is 0 Å². The first-order valence-electron chi connectivity index (χ1n) is 9.52. The van der Waals surface area contributed by atoms with Crippen molar-refractivity contribution in [1.29, 1.82) is 0 Å². The molecule has 0 aliphatic rings. The predicted molar refractivity (Wildman–Crippen MR) is 95.2 cm³/mol. The zero-order valence-electron chi connectivity index (χ0n) is 15.4. The van der Waals surface area contributed by atoms with E-state index in [2.05, 4.69) is 21.0 Å². The molecule has 0 aromatic carbocycles. The molecule has 0 aromatic heterocycles. The predicted octanol–water partition coefficient (Wildman–Crippen LogP) is 5.24. The second-order valence-corrected chi connectivity index (χ2v) is 7.42. The molecular formula is C19H40NO2+. The number of carboxylic acids is 1. The highest BCUT2D eigenvalue weighted by Gasteiger charge is 2.15. The monoisotopic (exact) mass is 314 g/mol. The summed E-state index contributed by atoms with van der Waals surface area (Å²) in [4.78, 5) is 10.6. The zero-order valence-corrected chi connectivity index (χ0v) is 15.4. The minimum Gasteiger partial charge on any atom is -0.481 e. The van der Waals surface area contributed by atoms with Crippen molar-refractivity contribution < 1.29 is 14.4 Å². The number of hydrogen-bond acceptors (Lipinski definition) is 1. The molecule has 132 valence electrons. The van der Waals surface area contributed by atoms with E-state index >= 15 is 0 Å². The highest BCUT2D eigenvalue weighted by atomic mass is 16.4. The van der Waals surface area contributed by atoms with E-state index in [1.54, 1.807) is 0 Å². The zero-order chi connectivity index (χ0) is 16.7. The smallest absolute Gasteiger partial charge is 0.309 e. The van der Waals surface area contributed by atoms with Crippen molar-refractivity contribution in [2.75, 3.05) is 27.2 Å². The molecule has 0 heterocycles. The van der Waals surface area contributed by atoms with Crippen molar-refractivity contribution in [3.8, 4) is 0 Å². The van der Waals surface area contributed by atoms with Crippen molar-refractivity contribution in [3.05, 3.63) is 0 Å². The Morgan fingerprint density at radius 3 is 1.55 bits per heavy atom. The molecule has 0 aromatic rings. The highest BCUT2D eigenvalue weighted by molar-refractivity contribution is 5.66. The molecule has 0 bridgehead atoms. The third-order valence-electron chi connectivity index (χ3n) is 4.55. The number of unbranched alkanes of at least 4 members (excludes halogenated alkanes) is 11. The average molecular weight is 315 g/mol. The summed E-state index contributed by atoms with van der Waals surface area (Å²) in [5, 5.41) is 8.74. The van der Waals surface area contributed by atoms with Gasteiger partial charge in [-0.1, -0.05) is 71.1 Å². The number of carbonyl (C=O) groups is 1. The Bertz CT molecular complexity index is 264. The van der Waals surface area contributed by atoms with Crippen LogP contribution in [0.3, 0.4) is 0 Å². The summed E-state index contributed by atoms with van der Waals surface area (Å²) >= 11 is 0. The van der Waals surface area contributed by atoms with Crippen LogP contribution in [0.25, 0.3) is 0 Å². The molecule has 0 rings (SSSR count). The van der Waals surface area contributed by atoms with Gasteiger partial charge < -0.3 is 9.59 Å². The van der Waals surface area contributed by atoms with Crippen LogP contribution in [-0.4, -0.2) is 42.7 Å². The van der Waals surface area contributed by atoms with Crippen LogP contribution >= 0.6 is 0 Å². The van der Waals surface area contributed by atoms with Crippen LogP contribution in [0.2, 0.25) is 0 Å². The summed E-state index contributed by atoms with van der Waals surface area (Å²) in [6, 6.07) is 0. The van der Waals surface area contributed by atoms with Gasteiger partial charge in [0.05, 0.1) is 33.6 Å². The van der Waals surface area contributed by atoms with Crippen LogP contribution in [0.1, 0.15) is 90.4 Å². The SMILES string of the molecule is CCCCCCCCCCCCCC[N+](C)(C)CCC(=O)O. The minimum atomic E-state index is -0.680. The maximum Gasteiger partial charge on any atom is 0.309 e. The van der Waals surface area contributed by atoms with Gasteiger partial charge in [-0.2, -0.15) is 0 Å². The molecular weight excluding hydrogens is 274 g/mol. The number of rotatable bonds is 16. The molecule has 3 nitrogen and oxygen atoms in total. The second-order valence-electron chi connectivity index (χ2n) is 7.42. The molecule has 0 radical (unpaired) electrons. The molecule has 0 aliphatic carbocycles. The van der Waals surface area contributed by atoms with Crippen molar-refractivity contribution in [3.63, 3.8) is 0 Å². The lowest BCUT2D eigenvalue weighted by molar-refractivity contribution is -0.890. The number of hydrogen-bond donors (Lipinski definition) is 1. The Labute approximate surface area is 138 Å². The van der Waals surface area contributed by atoms with E-state index in [1.807, 2.05) is 0 Å². The Balaban J connectivity index is 3.27. The van der Waals surface area contributed by atoms with Crippen LogP contribution in [0, 0.1) is 0 Å². The number of carboxylic acid groups (broad SMARTS) is 1. The van der Waals surface area contributed by atoms with E-state index in [0.717, 1.165) is 17.6 Å². The Hall–Kier alpha value is -0.570. The van der Waals surface area contributed by atoms with Gasteiger partial charge in [0.2, 0.25) is 0 Å². The Morgan fingerprint density at radius 2 is 1.14 bits per heavy atom. The van der Waals surface area contributed by atoms with E-state index in [4.69, 9.17) is 5.11 Å². The lowest BCUT2D eigenvalue weighted by Crippen LogP contribution is -2.42. The molecule has 3 heteroatoms. The van der Waals surface area contributed by atoms with Crippen LogP contribution < -0.4 is 0 Å². The van der Waals surface area contributed by atoms with E-state index in [1.165, 1.54) is 77.0 Å². The molecule has 1 N–H and O–H groups in total. The van der Waals surface area contributed by atoms with Crippen LogP contribution in [0.5, 0.6) is 0 Å². The van der Waals surface area contributed by atoms with Gasteiger partial charge in [0.1, 0.15) is 0 Å². The molecule has 0 atom stereocenters. The first kappa shape index (κ1) is 21.4. The van der Waals surface area contributed by atoms with E-state index in [-0.39, 0.29) is 6.42 Å². The van der Waals surface area contributed by atoms with Gasteiger partial charge in [-0.05, 0) is 12.8 Å². The van der Waals surface area contributed by atoms with Gasteiger partial charge in [-0.3, -0.25) is 4.79 Å². The first-order valence-corrected chi connectivity index (χ1v) is 9.52. The third kappa shape index (κ3) is 15.8. The molecule has 0 amide bonds. The maximum absolute atomic E-state index is 10.6. The summed E-state index contributed by atoms with van der Waals surface area (Å²) in [7, 11) is 4.28. The van der Waals surface area contributed by atoms with Crippen molar-refractivity contribution in [2.45, 2.75) is 90.4 Å². The maximum atomic E-state index is 10.6. The Kier molecular flexibility index (Phi) is 13.7. The van der Waals surface area contributed by atoms with Gasteiger partial charge in [-0.25, -0.2) is 0 Å². The Morgan fingerprint density at radius 1 is 0.727 bits per heavy atom. The molecule has 0 aliphatic heterocycles. The molecule has 0 unspecified atom stereocenters. The quantitative estimate of drug-likeness (QED) is 0.312. The fraction of sp³-hybridized carbons (Fsp3) is 0.947. The summed E-state index contributed by atoms with van der Waals surface area (Å²) in [6.45, 7) is 4.12. The standard InChI is InChI=1S/C19H39NO2/c1-4-5-6-7-8-9-10-11-12-13-14-15-17-20(2,3)18-16-19(21)22/h4-18H2,1-3H3/p+1. The van der Waals surface area contributed by atoms with Crippen molar-refractivity contribution >= 4 is 5.97 Å². The second kappa shape index (κ2) is 14.0. The fourth-order valence-electron chi connectivity index (χ4n) is 2.89. The van der Waals surface area contributed by atoms with Gasteiger partial charge in [-0.15, -0.1) is 0 Å². The van der Waals surface area contributed by atoms with Crippen molar-refractivity contribution in [2.24, 2.45) is 0 Å².